The van der Waals surface area contributed by atoms with Gasteiger partial charge in [0.2, 0.25) is 5.91 Å². The first kappa shape index (κ1) is 20.1. The number of rotatable bonds is 4. The van der Waals surface area contributed by atoms with Crippen LogP contribution in [0, 0.1) is 5.41 Å². The van der Waals surface area contributed by atoms with Crippen molar-refractivity contribution in [3.63, 3.8) is 0 Å². The lowest BCUT2D eigenvalue weighted by Gasteiger charge is -2.42. The summed E-state index contributed by atoms with van der Waals surface area (Å²) in [5.74, 6) is 1.60. The quantitative estimate of drug-likeness (QED) is 0.850. The Kier molecular flexibility index (Phi) is 6.40. The van der Waals surface area contributed by atoms with Gasteiger partial charge in [-0.05, 0) is 30.9 Å². The monoisotopic (exact) mass is 382 g/mol. The number of carbonyl (C=O) groups is 1. The Morgan fingerprint density at radius 1 is 1.48 bits per heavy atom. The zero-order chi connectivity index (χ0) is 17.3. The molecule has 0 radical (unpaired) electrons. The second kappa shape index (κ2) is 7.98. The van der Waals surface area contributed by atoms with Gasteiger partial charge in [-0.3, -0.25) is 4.79 Å². The number of hydrogen-bond acceptors (Lipinski definition) is 4. The van der Waals surface area contributed by atoms with Crippen LogP contribution in [-0.2, 0) is 4.79 Å². The van der Waals surface area contributed by atoms with Gasteiger partial charge in [0.25, 0.3) is 0 Å². The van der Waals surface area contributed by atoms with Crippen LogP contribution in [0.1, 0.15) is 38.3 Å². The van der Waals surface area contributed by atoms with Crippen LogP contribution in [0.4, 0.5) is 0 Å². The Bertz CT molecular complexity index is 700. The molecule has 1 fully saturated rings. The van der Waals surface area contributed by atoms with Crippen molar-refractivity contribution in [2.24, 2.45) is 11.1 Å². The lowest BCUT2D eigenvalue weighted by atomic mass is 9.80. The van der Waals surface area contributed by atoms with Gasteiger partial charge < -0.3 is 15.6 Å². The normalized spacial score (nSPS) is 21.0. The van der Waals surface area contributed by atoms with Crippen molar-refractivity contribution in [3.8, 4) is 0 Å². The minimum atomic E-state index is -0.0110. The fourth-order valence-electron chi connectivity index (χ4n) is 3.12. The number of imidazole rings is 1. The number of thioether (sulfide) groups is 1. The number of nitrogens with one attached hydrogen (secondary N) is 1. The first-order chi connectivity index (χ1) is 11.4. The molecule has 1 aromatic heterocycles. The molecule has 25 heavy (non-hydrogen) atoms. The summed E-state index contributed by atoms with van der Waals surface area (Å²) in [5, 5.41) is 0.154. The van der Waals surface area contributed by atoms with Gasteiger partial charge in [-0.2, -0.15) is 0 Å². The average Bonchev–Trinajstić information content (AvgIpc) is 2.99. The van der Waals surface area contributed by atoms with Gasteiger partial charge in [-0.1, -0.05) is 26.0 Å². The number of benzene rings is 1. The summed E-state index contributed by atoms with van der Waals surface area (Å²) in [7, 11) is 0. The van der Waals surface area contributed by atoms with E-state index in [1.807, 2.05) is 29.2 Å². The van der Waals surface area contributed by atoms with E-state index < -0.39 is 0 Å². The Labute approximate surface area is 159 Å². The Hall–Kier alpha value is -1.24. The van der Waals surface area contributed by atoms with Crippen LogP contribution in [0.5, 0.6) is 0 Å². The summed E-state index contributed by atoms with van der Waals surface area (Å²) in [6, 6.07) is 8.17. The molecular weight excluding hydrogens is 356 g/mol. The summed E-state index contributed by atoms with van der Waals surface area (Å²) >= 11 is 1.63. The molecule has 1 saturated heterocycles. The van der Waals surface area contributed by atoms with Gasteiger partial charge in [-0.15, -0.1) is 24.2 Å². The third kappa shape index (κ3) is 4.49. The van der Waals surface area contributed by atoms with Crippen molar-refractivity contribution in [2.45, 2.75) is 38.5 Å². The van der Waals surface area contributed by atoms with E-state index in [-0.39, 0.29) is 35.0 Å². The Morgan fingerprint density at radius 3 is 2.88 bits per heavy atom. The predicted molar refractivity (Wildman–Crippen MR) is 107 cm³/mol. The molecule has 138 valence electrons. The van der Waals surface area contributed by atoms with E-state index in [0.29, 0.717) is 5.75 Å². The van der Waals surface area contributed by atoms with Crippen molar-refractivity contribution in [1.82, 2.24) is 14.9 Å². The number of hydrogen-bond donors (Lipinski definition) is 2. The molecule has 0 saturated carbocycles. The van der Waals surface area contributed by atoms with Crippen molar-refractivity contribution < 1.29 is 4.79 Å². The van der Waals surface area contributed by atoms with Crippen LogP contribution in [0.3, 0.4) is 0 Å². The Balaban J connectivity index is 0.00000225. The number of piperidine rings is 1. The van der Waals surface area contributed by atoms with E-state index in [9.17, 15) is 4.79 Å². The summed E-state index contributed by atoms with van der Waals surface area (Å²) in [6.45, 7) is 7.88. The number of nitrogens with zero attached hydrogens (tertiary/aromatic N) is 2. The van der Waals surface area contributed by atoms with E-state index in [2.05, 4.69) is 30.7 Å². The molecule has 0 spiro atoms. The highest BCUT2D eigenvalue weighted by Crippen LogP contribution is 2.30. The zero-order valence-corrected chi connectivity index (χ0v) is 16.6. The highest BCUT2D eigenvalue weighted by Gasteiger charge is 2.35. The second-order valence-electron chi connectivity index (χ2n) is 7.29. The molecule has 3 rings (SSSR count). The summed E-state index contributed by atoms with van der Waals surface area (Å²) in [4.78, 5) is 22.5. The molecule has 1 aromatic carbocycles. The van der Waals surface area contributed by atoms with Crippen molar-refractivity contribution in [1.29, 1.82) is 0 Å². The van der Waals surface area contributed by atoms with Gasteiger partial charge in [0, 0.05) is 19.1 Å². The molecular formula is C18H27ClN4OS. The van der Waals surface area contributed by atoms with Crippen molar-refractivity contribution in [2.75, 3.05) is 18.8 Å². The number of nitrogens with two attached hydrogens (primary N) is 1. The molecule has 2 aromatic rings. The number of para-hydroxylation sites is 2. The Morgan fingerprint density at radius 2 is 2.20 bits per heavy atom. The molecule has 1 aliphatic heterocycles. The molecule has 1 aliphatic rings. The number of halogens is 1. The molecule has 1 amide bonds. The SMILES string of the molecule is CC(SCC(=O)N1CCC(N)C(C)(C)C1)c1nc2ccccc2[nH]1.Cl. The second-order valence-corrected chi connectivity index (χ2v) is 8.62. The molecule has 3 N–H and O–H groups in total. The number of aromatic amines is 1. The molecule has 7 heteroatoms. The number of H-pyrrole nitrogens is 1. The number of aromatic nitrogens is 2. The highest BCUT2D eigenvalue weighted by atomic mass is 35.5. The van der Waals surface area contributed by atoms with Crippen LogP contribution in [0.25, 0.3) is 11.0 Å². The van der Waals surface area contributed by atoms with Gasteiger partial charge in [0.1, 0.15) is 5.82 Å². The topological polar surface area (TPSA) is 75.0 Å². The van der Waals surface area contributed by atoms with Crippen LogP contribution in [-0.4, -0.2) is 45.7 Å². The van der Waals surface area contributed by atoms with Crippen molar-refractivity contribution >= 4 is 41.1 Å². The maximum atomic E-state index is 12.5. The fraction of sp³-hybridized carbons (Fsp3) is 0.556. The summed E-state index contributed by atoms with van der Waals surface area (Å²) in [5.41, 5.74) is 8.15. The van der Waals surface area contributed by atoms with Crippen LogP contribution >= 0.6 is 24.2 Å². The smallest absolute Gasteiger partial charge is 0.232 e. The van der Waals surface area contributed by atoms with Gasteiger partial charge >= 0.3 is 0 Å². The fourth-order valence-corrected chi connectivity index (χ4v) is 3.96. The maximum absolute atomic E-state index is 12.5. The standard InChI is InChI=1S/C18H26N4OS.ClH/c1-12(17-20-13-6-4-5-7-14(13)21-17)24-10-16(23)22-9-8-15(19)18(2,3)11-22;/h4-7,12,15H,8-11,19H2,1-3H3,(H,20,21);1H. The molecule has 2 atom stereocenters. The predicted octanol–water partition coefficient (Wildman–Crippen LogP) is 3.36. The van der Waals surface area contributed by atoms with Crippen LogP contribution in [0.15, 0.2) is 24.3 Å². The zero-order valence-electron chi connectivity index (χ0n) is 15.0. The van der Waals surface area contributed by atoms with Gasteiger partial charge in [0.15, 0.2) is 0 Å². The molecule has 2 heterocycles. The molecule has 0 aliphatic carbocycles. The van der Waals surface area contributed by atoms with E-state index in [1.54, 1.807) is 11.8 Å². The van der Waals surface area contributed by atoms with Gasteiger partial charge in [0.05, 0.1) is 22.0 Å². The third-order valence-corrected chi connectivity index (χ3v) is 6.05. The highest BCUT2D eigenvalue weighted by molar-refractivity contribution is 8.00. The lowest BCUT2D eigenvalue weighted by molar-refractivity contribution is -0.131. The van der Waals surface area contributed by atoms with E-state index in [0.717, 1.165) is 36.4 Å². The average molecular weight is 383 g/mol. The maximum Gasteiger partial charge on any atom is 0.232 e. The largest absolute Gasteiger partial charge is 0.341 e. The summed E-state index contributed by atoms with van der Waals surface area (Å²) in [6.07, 6.45) is 0.878. The molecule has 5 nitrogen and oxygen atoms in total. The number of amides is 1. The van der Waals surface area contributed by atoms with E-state index in [4.69, 9.17) is 5.73 Å². The first-order valence-electron chi connectivity index (χ1n) is 8.46. The minimum Gasteiger partial charge on any atom is -0.341 e. The van der Waals surface area contributed by atoms with E-state index in [1.165, 1.54) is 0 Å². The van der Waals surface area contributed by atoms with Gasteiger partial charge in [-0.25, -0.2) is 4.98 Å². The number of fused-ring (bicyclic) bond motifs is 1. The third-order valence-electron chi connectivity index (χ3n) is 4.91. The van der Waals surface area contributed by atoms with Crippen LogP contribution in [0.2, 0.25) is 0 Å². The lowest BCUT2D eigenvalue weighted by Crippen LogP contribution is -2.54. The molecule has 2 unspecified atom stereocenters. The molecule has 0 bridgehead atoms. The minimum absolute atomic E-state index is 0. The van der Waals surface area contributed by atoms with Crippen molar-refractivity contribution in [3.05, 3.63) is 30.1 Å². The summed E-state index contributed by atoms with van der Waals surface area (Å²) < 4.78 is 0. The number of likely N-dealkylation sites (tertiary alicyclic amines) is 1. The number of carbonyl (C=O) groups excluding carboxylic acids is 1. The first-order valence-corrected chi connectivity index (χ1v) is 9.51. The van der Waals surface area contributed by atoms with E-state index >= 15 is 0 Å². The van der Waals surface area contributed by atoms with Crippen LogP contribution < -0.4 is 5.73 Å².